The lowest BCUT2D eigenvalue weighted by Gasteiger charge is -2.09. The van der Waals surface area contributed by atoms with Gasteiger partial charge in [0.1, 0.15) is 0 Å². The van der Waals surface area contributed by atoms with Crippen molar-refractivity contribution < 1.29 is 14.3 Å². The molecule has 0 aromatic carbocycles. The molecule has 0 aliphatic carbocycles. The lowest BCUT2D eigenvalue weighted by Crippen LogP contribution is -2.25. The minimum Gasteiger partial charge on any atom is -0.459 e. The van der Waals surface area contributed by atoms with Crippen LogP contribution in [0.25, 0.3) is 0 Å². The molecule has 0 aliphatic rings. The van der Waals surface area contributed by atoms with Gasteiger partial charge in [0.15, 0.2) is 5.78 Å². The highest BCUT2D eigenvalue weighted by molar-refractivity contribution is 5.97. The molecule has 0 atom stereocenters. The van der Waals surface area contributed by atoms with Crippen molar-refractivity contribution in [1.82, 2.24) is 9.55 Å². The Kier molecular flexibility index (Phi) is 4.83. The Morgan fingerprint density at radius 1 is 1.26 bits per heavy atom. The summed E-state index contributed by atoms with van der Waals surface area (Å²) in [5, 5.41) is 0. The number of hydrogen-bond donors (Lipinski definition) is 1. The number of pyridine rings is 1. The maximum absolute atomic E-state index is 12.3. The average molecular weight is 316 g/mol. The van der Waals surface area contributed by atoms with Crippen LogP contribution >= 0.6 is 0 Å². The molecule has 2 aromatic heterocycles. The predicted molar refractivity (Wildman–Crippen MR) is 85.9 cm³/mol. The van der Waals surface area contributed by atoms with Crippen LogP contribution in [0.2, 0.25) is 0 Å². The van der Waals surface area contributed by atoms with Crippen LogP contribution in [-0.2, 0) is 11.3 Å². The van der Waals surface area contributed by atoms with Crippen molar-refractivity contribution in [3.05, 3.63) is 57.3 Å². The molecule has 0 amide bonds. The summed E-state index contributed by atoms with van der Waals surface area (Å²) in [5.74, 6) is -0.709. The van der Waals surface area contributed by atoms with E-state index in [-0.39, 0.29) is 24.0 Å². The Bertz CT molecular complexity index is 799. The molecule has 0 bridgehead atoms. The minimum absolute atomic E-state index is 0.0729. The number of aryl methyl sites for hydroxylation is 2. The standard InChI is InChI=1S/C17H20N2O4/c1-10(2)23-17(22)13-5-6-19(16(21)8-13)9-15(20)14-7-11(3)18-12(14)4/h5-8,10,18H,9H2,1-4H3. The molecule has 0 aliphatic heterocycles. The summed E-state index contributed by atoms with van der Waals surface area (Å²) in [6.07, 6.45) is 1.18. The molecule has 2 rings (SSSR count). The Balaban J connectivity index is 2.18. The van der Waals surface area contributed by atoms with Gasteiger partial charge in [0.05, 0.1) is 18.2 Å². The number of rotatable bonds is 5. The molecule has 6 heteroatoms. The maximum Gasteiger partial charge on any atom is 0.338 e. The summed E-state index contributed by atoms with van der Waals surface area (Å²) in [7, 11) is 0. The van der Waals surface area contributed by atoms with Crippen LogP contribution in [-0.4, -0.2) is 27.4 Å². The van der Waals surface area contributed by atoms with Crippen molar-refractivity contribution in [1.29, 1.82) is 0 Å². The summed E-state index contributed by atoms with van der Waals surface area (Å²) < 4.78 is 6.32. The Labute approximate surface area is 134 Å². The van der Waals surface area contributed by atoms with Gasteiger partial charge in [-0.05, 0) is 39.8 Å². The van der Waals surface area contributed by atoms with E-state index in [1.165, 1.54) is 22.9 Å². The van der Waals surface area contributed by atoms with Crippen LogP contribution < -0.4 is 5.56 Å². The van der Waals surface area contributed by atoms with E-state index in [1.54, 1.807) is 19.9 Å². The number of Topliss-reactive ketones (excluding diaryl/α,β-unsaturated/α-hetero) is 1. The highest BCUT2D eigenvalue weighted by Crippen LogP contribution is 2.11. The lowest BCUT2D eigenvalue weighted by molar-refractivity contribution is 0.0377. The van der Waals surface area contributed by atoms with E-state index < -0.39 is 11.5 Å². The van der Waals surface area contributed by atoms with E-state index >= 15 is 0 Å². The third-order valence-electron chi connectivity index (χ3n) is 3.34. The number of aromatic nitrogens is 2. The monoisotopic (exact) mass is 316 g/mol. The third-order valence-corrected chi connectivity index (χ3v) is 3.34. The fourth-order valence-corrected chi connectivity index (χ4v) is 2.30. The van der Waals surface area contributed by atoms with Gasteiger partial charge in [-0.25, -0.2) is 4.79 Å². The van der Waals surface area contributed by atoms with Crippen LogP contribution in [0.3, 0.4) is 0 Å². The quantitative estimate of drug-likeness (QED) is 0.677. The topological polar surface area (TPSA) is 81.2 Å². The molecule has 23 heavy (non-hydrogen) atoms. The molecule has 6 nitrogen and oxygen atoms in total. The zero-order valence-electron chi connectivity index (χ0n) is 13.7. The Morgan fingerprint density at radius 2 is 1.96 bits per heavy atom. The number of carbonyl (C=O) groups is 2. The number of H-pyrrole nitrogens is 1. The van der Waals surface area contributed by atoms with Crippen molar-refractivity contribution in [2.24, 2.45) is 0 Å². The van der Waals surface area contributed by atoms with Crippen molar-refractivity contribution in [2.75, 3.05) is 0 Å². The molecule has 122 valence electrons. The first-order chi connectivity index (χ1) is 10.8. The molecule has 0 saturated heterocycles. The Hall–Kier alpha value is -2.63. The van der Waals surface area contributed by atoms with E-state index in [9.17, 15) is 14.4 Å². The average Bonchev–Trinajstić information content (AvgIpc) is 2.79. The van der Waals surface area contributed by atoms with Crippen LogP contribution in [0.15, 0.2) is 29.2 Å². The van der Waals surface area contributed by atoms with Crippen molar-refractivity contribution in [2.45, 2.75) is 40.3 Å². The maximum atomic E-state index is 12.3. The van der Waals surface area contributed by atoms with Crippen LogP contribution in [0.1, 0.15) is 46.0 Å². The SMILES string of the molecule is Cc1cc(C(=O)Cn2ccc(C(=O)OC(C)C)cc2=O)c(C)[nH]1. The first-order valence-corrected chi connectivity index (χ1v) is 7.39. The normalized spacial score (nSPS) is 10.8. The van der Waals surface area contributed by atoms with Crippen molar-refractivity contribution in [3.8, 4) is 0 Å². The molecule has 0 unspecified atom stereocenters. The predicted octanol–water partition coefficient (Wildman–Crippen LogP) is 2.24. The zero-order chi connectivity index (χ0) is 17.1. The van der Waals surface area contributed by atoms with Gasteiger partial charge in [0.2, 0.25) is 0 Å². The number of nitrogens with one attached hydrogen (secondary N) is 1. The first-order valence-electron chi connectivity index (χ1n) is 7.39. The van der Waals surface area contributed by atoms with Crippen molar-refractivity contribution >= 4 is 11.8 Å². The fourth-order valence-electron chi connectivity index (χ4n) is 2.30. The van der Waals surface area contributed by atoms with Gasteiger partial charge in [-0.3, -0.25) is 9.59 Å². The van der Waals surface area contributed by atoms with Crippen molar-refractivity contribution in [3.63, 3.8) is 0 Å². The summed E-state index contributed by atoms with van der Waals surface area (Å²) in [6, 6.07) is 4.43. The molecular weight excluding hydrogens is 296 g/mol. The minimum atomic E-state index is -0.548. The number of aromatic amines is 1. The number of esters is 1. The number of carbonyl (C=O) groups excluding carboxylic acids is 2. The smallest absolute Gasteiger partial charge is 0.338 e. The summed E-state index contributed by atoms with van der Waals surface area (Å²) in [5.41, 5.74) is 2.00. The summed E-state index contributed by atoms with van der Waals surface area (Å²) >= 11 is 0. The van der Waals surface area contributed by atoms with E-state index in [0.717, 1.165) is 11.4 Å². The molecule has 0 saturated carbocycles. The molecule has 2 heterocycles. The molecule has 0 fully saturated rings. The fraction of sp³-hybridized carbons (Fsp3) is 0.353. The molecule has 0 radical (unpaired) electrons. The first kappa shape index (κ1) is 16.7. The second-order valence-corrected chi connectivity index (χ2v) is 5.75. The Morgan fingerprint density at radius 3 is 2.48 bits per heavy atom. The van der Waals surface area contributed by atoms with Gasteiger partial charge in [-0.1, -0.05) is 0 Å². The zero-order valence-corrected chi connectivity index (χ0v) is 13.7. The van der Waals surface area contributed by atoms with Crippen LogP contribution in [0, 0.1) is 13.8 Å². The van der Waals surface area contributed by atoms with Gasteiger partial charge in [0, 0.05) is 29.2 Å². The largest absolute Gasteiger partial charge is 0.459 e. The van der Waals surface area contributed by atoms with E-state index in [0.29, 0.717) is 5.56 Å². The second kappa shape index (κ2) is 6.64. The van der Waals surface area contributed by atoms with Gasteiger partial charge in [-0.2, -0.15) is 0 Å². The molecule has 1 N–H and O–H groups in total. The molecular formula is C17H20N2O4. The lowest BCUT2D eigenvalue weighted by atomic mass is 10.1. The van der Waals surface area contributed by atoms with E-state index in [2.05, 4.69) is 4.98 Å². The van der Waals surface area contributed by atoms with Gasteiger partial charge in [-0.15, -0.1) is 0 Å². The van der Waals surface area contributed by atoms with Gasteiger partial charge < -0.3 is 14.3 Å². The second-order valence-electron chi connectivity index (χ2n) is 5.75. The van der Waals surface area contributed by atoms with Gasteiger partial charge >= 0.3 is 5.97 Å². The highest BCUT2D eigenvalue weighted by Gasteiger charge is 2.15. The third kappa shape index (κ3) is 3.97. The number of nitrogens with zero attached hydrogens (tertiary/aromatic N) is 1. The molecule has 2 aromatic rings. The number of hydrogen-bond acceptors (Lipinski definition) is 4. The van der Waals surface area contributed by atoms with E-state index in [4.69, 9.17) is 4.74 Å². The number of ether oxygens (including phenoxy) is 1. The summed E-state index contributed by atoms with van der Waals surface area (Å²) in [4.78, 5) is 39.2. The van der Waals surface area contributed by atoms with Crippen LogP contribution in [0.4, 0.5) is 0 Å². The number of ketones is 1. The van der Waals surface area contributed by atoms with Gasteiger partial charge in [0.25, 0.3) is 5.56 Å². The molecule has 0 spiro atoms. The van der Waals surface area contributed by atoms with E-state index in [1.807, 2.05) is 13.8 Å². The summed E-state index contributed by atoms with van der Waals surface area (Å²) in [6.45, 7) is 7.08. The van der Waals surface area contributed by atoms with Crippen LogP contribution in [0.5, 0.6) is 0 Å². The highest BCUT2D eigenvalue weighted by atomic mass is 16.5.